The number of halogens is 2. The highest BCUT2D eigenvalue weighted by Crippen LogP contribution is 2.36. The predicted molar refractivity (Wildman–Crippen MR) is 97.7 cm³/mol. The number of hydrogen-bond donors (Lipinski definition) is 1. The van der Waals surface area contributed by atoms with Crippen molar-refractivity contribution >= 4 is 28.9 Å². The van der Waals surface area contributed by atoms with E-state index in [2.05, 4.69) is 4.98 Å². The molecule has 0 saturated carbocycles. The Hall–Kier alpha value is -2.47. The molecular weight excluding hydrogens is 363 g/mol. The van der Waals surface area contributed by atoms with Crippen LogP contribution in [-0.4, -0.2) is 15.0 Å². The van der Waals surface area contributed by atoms with Crippen molar-refractivity contribution < 1.29 is 10.0 Å². The number of non-ortho nitro benzene ring substituents is 1. The number of hydrogen-bond acceptors (Lipinski definition) is 4. The first kappa shape index (κ1) is 17.4. The molecule has 126 valence electrons. The lowest BCUT2D eigenvalue weighted by Gasteiger charge is -2.13. The monoisotopic (exact) mass is 374 g/mol. The highest BCUT2D eigenvalue weighted by Gasteiger charge is 2.16. The molecule has 3 aromatic rings. The van der Waals surface area contributed by atoms with Crippen LogP contribution in [0.15, 0.2) is 54.7 Å². The summed E-state index contributed by atoms with van der Waals surface area (Å²) in [5.74, 6) is 0. The van der Waals surface area contributed by atoms with Gasteiger partial charge in [-0.2, -0.15) is 0 Å². The van der Waals surface area contributed by atoms with E-state index in [1.807, 2.05) is 12.1 Å². The Morgan fingerprint density at radius 2 is 1.76 bits per heavy atom. The summed E-state index contributed by atoms with van der Waals surface area (Å²) in [6, 6.07) is 13.1. The summed E-state index contributed by atoms with van der Waals surface area (Å²) in [5.41, 5.74) is 3.16. The molecule has 25 heavy (non-hydrogen) atoms. The highest BCUT2D eigenvalue weighted by molar-refractivity contribution is 6.33. The minimum Gasteiger partial charge on any atom is -0.392 e. The Labute approximate surface area is 153 Å². The van der Waals surface area contributed by atoms with Gasteiger partial charge in [-0.3, -0.25) is 15.1 Å². The standard InChI is InChI=1S/C18H12Cl2N2O3/c19-12-3-1-11(2-4-12)18-16(10-23)14(7-8-21-18)15-6-5-13(22(24)25)9-17(15)20/h1-9,23H,10H2. The maximum Gasteiger partial charge on any atom is 0.270 e. The highest BCUT2D eigenvalue weighted by atomic mass is 35.5. The van der Waals surface area contributed by atoms with Crippen LogP contribution in [0.4, 0.5) is 5.69 Å². The average molecular weight is 375 g/mol. The van der Waals surface area contributed by atoms with Crippen LogP contribution in [0.3, 0.4) is 0 Å². The number of aromatic nitrogens is 1. The van der Waals surface area contributed by atoms with Gasteiger partial charge in [0.05, 0.1) is 22.2 Å². The number of rotatable bonds is 4. The van der Waals surface area contributed by atoms with Crippen LogP contribution in [0.5, 0.6) is 0 Å². The van der Waals surface area contributed by atoms with Crippen molar-refractivity contribution in [3.05, 3.63) is 80.5 Å². The molecule has 0 aliphatic carbocycles. The molecule has 0 fully saturated rings. The summed E-state index contributed by atoms with van der Waals surface area (Å²) in [5, 5.41) is 21.6. The summed E-state index contributed by atoms with van der Waals surface area (Å²) >= 11 is 12.2. The van der Waals surface area contributed by atoms with E-state index >= 15 is 0 Å². The Bertz CT molecular complexity index is 944. The fourth-order valence-corrected chi connectivity index (χ4v) is 3.00. The Kier molecular flexibility index (Phi) is 4.99. The summed E-state index contributed by atoms with van der Waals surface area (Å²) in [7, 11) is 0. The SMILES string of the molecule is O=[N+]([O-])c1ccc(-c2ccnc(-c3ccc(Cl)cc3)c2CO)c(Cl)c1. The minimum absolute atomic E-state index is 0.0914. The van der Waals surface area contributed by atoms with Crippen LogP contribution in [0.1, 0.15) is 5.56 Å². The Morgan fingerprint density at radius 3 is 2.36 bits per heavy atom. The van der Waals surface area contributed by atoms with Gasteiger partial charge in [0.1, 0.15) is 0 Å². The third-order valence-electron chi connectivity index (χ3n) is 3.79. The second-order valence-corrected chi connectivity index (χ2v) is 6.12. The van der Waals surface area contributed by atoms with Crippen LogP contribution >= 0.6 is 23.2 Å². The molecular formula is C18H12Cl2N2O3. The predicted octanol–water partition coefficient (Wildman–Crippen LogP) is 5.12. The van der Waals surface area contributed by atoms with E-state index in [4.69, 9.17) is 23.2 Å². The van der Waals surface area contributed by atoms with E-state index in [1.165, 1.54) is 12.1 Å². The summed E-state index contributed by atoms with van der Waals surface area (Å²) in [6.07, 6.45) is 1.61. The van der Waals surface area contributed by atoms with Crippen molar-refractivity contribution in [2.24, 2.45) is 0 Å². The van der Waals surface area contributed by atoms with Gasteiger partial charge in [-0.25, -0.2) is 0 Å². The lowest BCUT2D eigenvalue weighted by atomic mass is 9.96. The van der Waals surface area contributed by atoms with Crippen LogP contribution in [0.25, 0.3) is 22.4 Å². The molecule has 0 spiro atoms. The molecule has 0 radical (unpaired) electrons. The van der Waals surface area contributed by atoms with Crippen LogP contribution in [-0.2, 0) is 6.61 Å². The Morgan fingerprint density at radius 1 is 1.04 bits per heavy atom. The van der Waals surface area contributed by atoms with E-state index in [9.17, 15) is 15.2 Å². The second-order valence-electron chi connectivity index (χ2n) is 5.27. The quantitative estimate of drug-likeness (QED) is 0.507. The molecule has 0 atom stereocenters. The number of nitrogens with zero attached hydrogens (tertiary/aromatic N) is 2. The molecule has 3 rings (SSSR count). The van der Waals surface area contributed by atoms with E-state index in [0.717, 1.165) is 5.56 Å². The van der Waals surface area contributed by atoms with E-state index in [1.54, 1.807) is 30.5 Å². The van der Waals surface area contributed by atoms with Crippen molar-refractivity contribution in [1.82, 2.24) is 4.98 Å². The van der Waals surface area contributed by atoms with E-state index < -0.39 is 4.92 Å². The number of aliphatic hydroxyl groups excluding tert-OH is 1. The Balaban J connectivity index is 2.16. The van der Waals surface area contributed by atoms with Crippen molar-refractivity contribution in [1.29, 1.82) is 0 Å². The maximum atomic E-state index is 10.9. The molecule has 7 heteroatoms. The number of aliphatic hydroxyl groups is 1. The minimum atomic E-state index is -0.506. The second kappa shape index (κ2) is 7.19. The molecule has 0 amide bonds. The normalized spacial score (nSPS) is 10.7. The van der Waals surface area contributed by atoms with Gasteiger partial charge >= 0.3 is 0 Å². The van der Waals surface area contributed by atoms with Crippen LogP contribution < -0.4 is 0 Å². The fraction of sp³-hybridized carbons (Fsp3) is 0.0556. The maximum absolute atomic E-state index is 10.9. The van der Waals surface area contributed by atoms with Gasteiger partial charge in [-0.1, -0.05) is 35.3 Å². The fourth-order valence-electron chi connectivity index (χ4n) is 2.60. The van der Waals surface area contributed by atoms with Gasteiger partial charge < -0.3 is 5.11 Å². The molecule has 1 heterocycles. The molecule has 1 aromatic heterocycles. The van der Waals surface area contributed by atoms with Gasteiger partial charge in [0.15, 0.2) is 0 Å². The zero-order chi connectivity index (χ0) is 18.0. The van der Waals surface area contributed by atoms with Crippen molar-refractivity contribution in [3.63, 3.8) is 0 Å². The lowest BCUT2D eigenvalue weighted by molar-refractivity contribution is -0.384. The van der Waals surface area contributed by atoms with Crippen molar-refractivity contribution in [3.8, 4) is 22.4 Å². The van der Waals surface area contributed by atoms with Crippen LogP contribution in [0, 0.1) is 10.1 Å². The van der Waals surface area contributed by atoms with Gasteiger partial charge in [0.2, 0.25) is 0 Å². The van der Waals surface area contributed by atoms with Gasteiger partial charge in [0, 0.05) is 40.0 Å². The van der Waals surface area contributed by atoms with E-state index in [-0.39, 0.29) is 17.3 Å². The van der Waals surface area contributed by atoms with E-state index in [0.29, 0.717) is 27.4 Å². The van der Waals surface area contributed by atoms with Crippen molar-refractivity contribution in [2.75, 3.05) is 0 Å². The van der Waals surface area contributed by atoms with Gasteiger partial charge in [0.25, 0.3) is 5.69 Å². The molecule has 0 saturated heterocycles. The molecule has 0 bridgehead atoms. The number of nitro benzene ring substituents is 1. The van der Waals surface area contributed by atoms with Gasteiger partial charge in [-0.05, 0) is 29.8 Å². The molecule has 5 nitrogen and oxygen atoms in total. The zero-order valence-electron chi connectivity index (χ0n) is 12.8. The van der Waals surface area contributed by atoms with Crippen molar-refractivity contribution in [2.45, 2.75) is 6.61 Å². The molecule has 1 N–H and O–H groups in total. The molecule has 0 aliphatic heterocycles. The average Bonchev–Trinajstić information content (AvgIpc) is 2.61. The number of nitro groups is 1. The lowest BCUT2D eigenvalue weighted by Crippen LogP contribution is -1.98. The summed E-state index contributed by atoms with van der Waals surface area (Å²) < 4.78 is 0. The van der Waals surface area contributed by atoms with Crippen LogP contribution in [0.2, 0.25) is 10.0 Å². The largest absolute Gasteiger partial charge is 0.392 e. The number of benzene rings is 2. The number of pyridine rings is 1. The zero-order valence-corrected chi connectivity index (χ0v) is 14.3. The summed E-state index contributed by atoms with van der Waals surface area (Å²) in [4.78, 5) is 14.7. The smallest absolute Gasteiger partial charge is 0.270 e. The first-order chi connectivity index (χ1) is 12.0. The molecule has 0 aliphatic rings. The molecule has 2 aromatic carbocycles. The first-order valence-corrected chi connectivity index (χ1v) is 8.06. The summed E-state index contributed by atoms with van der Waals surface area (Å²) in [6.45, 7) is -0.256. The van der Waals surface area contributed by atoms with Gasteiger partial charge in [-0.15, -0.1) is 0 Å². The third kappa shape index (κ3) is 3.49. The third-order valence-corrected chi connectivity index (χ3v) is 4.35. The first-order valence-electron chi connectivity index (χ1n) is 7.30. The topological polar surface area (TPSA) is 76.3 Å². The molecule has 0 unspecified atom stereocenters.